The van der Waals surface area contributed by atoms with Crippen LogP contribution in [0.2, 0.25) is 0 Å². The van der Waals surface area contributed by atoms with Crippen LogP contribution in [0.3, 0.4) is 0 Å². The zero-order valence-corrected chi connectivity index (χ0v) is 21.8. The molecule has 0 radical (unpaired) electrons. The molecule has 12 nitrogen and oxygen atoms in total. The lowest BCUT2D eigenvalue weighted by molar-refractivity contribution is -0.385. The first-order chi connectivity index (χ1) is 19.1. The Labute approximate surface area is 228 Å². The summed E-state index contributed by atoms with van der Waals surface area (Å²) in [5, 5.41) is 30.7. The minimum atomic E-state index is -0.803. The van der Waals surface area contributed by atoms with Crippen LogP contribution in [0.1, 0.15) is 25.3 Å². The molecule has 1 heterocycles. The minimum absolute atomic E-state index is 0.118. The van der Waals surface area contributed by atoms with Crippen LogP contribution in [0.15, 0.2) is 95.3 Å². The molecule has 0 saturated carbocycles. The van der Waals surface area contributed by atoms with Crippen molar-refractivity contribution < 1.29 is 24.2 Å². The Bertz CT molecular complexity index is 1450. The van der Waals surface area contributed by atoms with E-state index in [1.54, 1.807) is 38.1 Å². The molecular formula is C28H25N5O7. The smallest absolute Gasteiger partial charge is 0.269 e. The van der Waals surface area contributed by atoms with E-state index in [4.69, 9.17) is 4.74 Å². The molecule has 12 heteroatoms. The van der Waals surface area contributed by atoms with E-state index in [2.05, 4.69) is 16.0 Å². The monoisotopic (exact) mass is 543 g/mol. The molecule has 4 rings (SSSR count). The first kappa shape index (κ1) is 27.5. The topological polar surface area (TPSA) is 166 Å². The molecule has 0 unspecified atom stereocenters. The van der Waals surface area contributed by atoms with Gasteiger partial charge in [0, 0.05) is 64.1 Å². The molecular weight excluding hydrogens is 518 g/mol. The molecule has 0 bridgehead atoms. The van der Waals surface area contributed by atoms with Gasteiger partial charge in [-0.1, -0.05) is 12.1 Å². The van der Waals surface area contributed by atoms with Crippen LogP contribution >= 0.6 is 0 Å². The highest BCUT2D eigenvalue weighted by molar-refractivity contribution is 6.11. The van der Waals surface area contributed by atoms with Gasteiger partial charge in [-0.25, -0.2) is 0 Å². The third-order valence-electron chi connectivity index (χ3n) is 6.37. The zero-order valence-electron chi connectivity index (χ0n) is 21.8. The molecule has 3 N–H and O–H groups in total. The molecule has 0 aromatic heterocycles. The second-order valence-corrected chi connectivity index (χ2v) is 8.92. The number of anilines is 2. The number of nitro benzene ring substituents is 2. The number of non-ortho nitro benzene ring substituents is 2. The van der Waals surface area contributed by atoms with E-state index in [0.29, 0.717) is 34.1 Å². The molecule has 0 spiro atoms. The summed E-state index contributed by atoms with van der Waals surface area (Å²) in [5.74, 6) is -1.23. The number of nitrogens with zero attached hydrogens (tertiary/aromatic N) is 2. The lowest BCUT2D eigenvalue weighted by atomic mass is 9.79. The first-order valence-electron chi connectivity index (χ1n) is 12.0. The summed E-state index contributed by atoms with van der Waals surface area (Å²) >= 11 is 0. The van der Waals surface area contributed by atoms with Crippen molar-refractivity contribution in [3.8, 4) is 5.75 Å². The Morgan fingerprint density at radius 3 is 1.48 bits per heavy atom. The molecule has 1 aliphatic rings. The van der Waals surface area contributed by atoms with Crippen LogP contribution in [0.5, 0.6) is 5.75 Å². The van der Waals surface area contributed by atoms with Gasteiger partial charge < -0.3 is 20.7 Å². The highest BCUT2D eigenvalue weighted by Gasteiger charge is 2.36. The average molecular weight is 544 g/mol. The van der Waals surface area contributed by atoms with Gasteiger partial charge in [0.15, 0.2) is 0 Å². The van der Waals surface area contributed by atoms with Gasteiger partial charge in [0.1, 0.15) is 5.75 Å². The van der Waals surface area contributed by atoms with Crippen molar-refractivity contribution in [1.29, 1.82) is 0 Å². The number of carbonyl (C=O) groups is 2. The zero-order chi connectivity index (χ0) is 29.0. The quantitative estimate of drug-likeness (QED) is 0.263. The number of benzene rings is 3. The fraction of sp³-hybridized carbons (Fsp3) is 0.143. The van der Waals surface area contributed by atoms with Crippen molar-refractivity contribution in [1.82, 2.24) is 5.32 Å². The van der Waals surface area contributed by atoms with Crippen molar-refractivity contribution in [2.24, 2.45) is 0 Å². The lowest BCUT2D eigenvalue weighted by Gasteiger charge is -2.31. The van der Waals surface area contributed by atoms with Gasteiger partial charge >= 0.3 is 0 Å². The predicted molar refractivity (Wildman–Crippen MR) is 148 cm³/mol. The Morgan fingerprint density at radius 1 is 0.725 bits per heavy atom. The minimum Gasteiger partial charge on any atom is -0.497 e. The van der Waals surface area contributed by atoms with E-state index in [9.17, 15) is 29.8 Å². The van der Waals surface area contributed by atoms with E-state index < -0.39 is 27.6 Å². The molecule has 0 aliphatic carbocycles. The first-order valence-corrected chi connectivity index (χ1v) is 12.0. The van der Waals surface area contributed by atoms with Crippen LogP contribution in [0.25, 0.3) is 0 Å². The Kier molecular flexibility index (Phi) is 7.89. The van der Waals surface area contributed by atoms with Crippen molar-refractivity contribution in [2.75, 3.05) is 17.7 Å². The Morgan fingerprint density at radius 2 is 1.12 bits per heavy atom. The SMILES string of the molecule is COc1ccc(C2C(C(=O)Nc3ccc([N+](=O)[O-])cc3)=C(C)NC(C)=C2C(=O)Nc2ccc([N+](=O)[O-])cc2)cc1. The fourth-order valence-corrected chi connectivity index (χ4v) is 4.46. The van der Waals surface area contributed by atoms with Crippen LogP contribution in [0.4, 0.5) is 22.7 Å². The van der Waals surface area contributed by atoms with Gasteiger partial charge in [-0.2, -0.15) is 0 Å². The molecule has 1 aliphatic heterocycles. The normalized spacial score (nSPS) is 13.4. The van der Waals surface area contributed by atoms with Crippen molar-refractivity contribution in [2.45, 2.75) is 19.8 Å². The van der Waals surface area contributed by atoms with E-state index in [-0.39, 0.29) is 22.5 Å². The Balaban J connectivity index is 1.71. The second kappa shape index (κ2) is 11.5. The summed E-state index contributed by atoms with van der Waals surface area (Å²) in [7, 11) is 1.53. The molecule has 3 aromatic rings. The van der Waals surface area contributed by atoms with Gasteiger partial charge in [-0.05, 0) is 55.8 Å². The maximum atomic E-state index is 13.7. The van der Waals surface area contributed by atoms with E-state index >= 15 is 0 Å². The summed E-state index contributed by atoms with van der Waals surface area (Å²) in [6.07, 6.45) is 0. The second-order valence-electron chi connectivity index (χ2n) is 8.92. The Hall–Kier alpha value is -5.52. The molecule has 204 valence electrons. The number of nitro groups is 2. The van der Waals surface area contributed by atoms with E-state index in [1.807, 2.05) is 0 Å². The molecule has 2 amide bonds. The highest BCUT2D eigenvalue weighted by atomic mass is 16.6. The van der Waals surface area contributed by atoms with Crippen molar-refractivity contribution in [3.05, 3.63) is 121 Å². The van der Waals surface area contributed by atoms with Crippen molar-refractivity contribution >= 4 is 34.6 Å². The third-order valence-corrected chi connectivity index (χ3v) is 6.37. The number of dihydropyridines is 1. The molecule has 40 heavy (non-hydrogen) atoms. The standard InChI is InChI=1S/C28H25N5O7/c1-16-24(27(34)30-19-6-10-21(11-7-19)32(36)37)26(18-4-14-23(40-3)15-5-18)25(17(2)29-16)28(35)31-20-8-12-22(13-9-20)33(38)39/h4-15,26,29H,1-3H3,(H,30,34)(H,31,35). The number of methoxy groups -OCH3 is 1. The van der Waals surface area contributed by atoms with Crippen LogP contribution in [-0.2, 0) is 9.59 Å². The number of hydrogen-bond donors (Lipinski definition) is 3. The van der Waals surface area contributed by atoms with Gasteiger partial charge in [-0.3, -0.25) is 29.8 Å². The number of carbonyl (C=O) groups excluding carboxylic acids is 2. The number of amides is 2. The van der Waals surface area contributed by atoms with Crippen LogP contribution in [0, 0.1) is 20.2 Å². The van der Waals surface area contributed by atoms with E-state index in [0.717, 1.165) is 0 Å². The number of rotatable bonds is 8. The van der Waals surface area contributed by atoms with Crippen LogP contribution < -0.4 is 20.7 Å². The molecule has 0 fully saturated rings. The molecule has 0 atom stereocenters. The highest BCUT2D eigenvalue weighted by Crippen LogP contribution is 2.39. The summed E-state index contributed by atoms with van der Waals surface area (Å²) < 4.78 is 5.27. The maximum absolute atomic E-state index is 13.7. The molecule has 3 aromatic carbocycles. The largest absolute Gasteiger partial charge is 0.497 e. The third kappa shape index (κ3) is 5.80. The maximum Gasteiger partial charge on any atom is 0.269 e. The van der Waals surface area contributed by atoms with Gasteiger partial charge in [0.2, 0.25) is 0 Å². The predicted octanol–water partition coefficient (Wildman–Crippen LogP) is 5.02. The summed E-state index contributed by atoms with van der Waals surface area (Å²) in [6.45, 7) is 3.44. The van der Waals surface area contributed by atoms with Gasteiger partial charge in [-0.15, -0.1) is 0 Å². The number of ether oxygens (including phenoxy) is 1. The van der Waals surface area contributed by atoms with E-state index in [1.165, 1.54) is 55.6 Å². The fourth-order valence-electron chi connectivity index (χ4n) is 4.46. The number of allylic oxidation sites excluding steroid dienone is 2. The lowest BCUT2D eigenvalue weighted by Crippen LogP contribution is -2.35. The van der Waals surface area contributed by atoms with Crippen LogP contribution in [-0.4, -0.2) is 28.8 Å². The summed E-state index contributed by atoms with van der Waals surface area (Å²) in [5.41, 5.74) is 2.66. The number of hydrogen-bond acceptors (Lipinski definition) is 8. The van der Waals surface area contributed by atoms with Gasteiger partial charge in [0.05, 0.1) is 17.0 Å². The summed E-state index contributed by atoms with van der Waals surface area (Å²) in [6, 6.07) is 17.8. The average Bonchev–Trinajstić information content (AvgIpc) is 2.93. The summed E-state index contributed by atoms with van der Waals surface area (Å²) in [4.78, 5) is 48.2. The number of nitrogens with one attached hydrogen (secondary N) is 3. The van der Waals surface area contributed by atoms with Crippen molar-refractivity contribution in [3.63, 3.8) is 0 Å². The van der Waals surface area contributed by atoms with Gasteiger partial charge in [0.25, 0.3) is 23.2 Å². The molecule has 0 saturated heterocycles.